The highest BCUT2D eigenvalue weighted by Crippen LogP contribution is 2.39. The number of nitrogens with zero attached hydrogens (tertiary/aromatic N) is 4. The predicted octanol–water partition coefficient (Wildman–Crippen LogP) is 7.16. The fraction of sp³-hybridized carbons (Fsp3) is 0.286. The molecule has 8 heteroatoms. The number of aliphatic imine (C=N–C) groups is 1. The quantitative estimate of drug-likeness (QED) is 0.311. The van der Waals surface area contributed by atoms with Crippen LogP contribution in [0.2, 0.25) is 5.02 Å². The highest BCUT2D eigenvalue weighted by Gasteiger charge is 2.32. The molecule has 5 rings (SSSR count). The second kappa shape index (κ2) is 10.8. The molecule has 0 saturated heterocycles. The minimum Gasteiger partial charge on any atom is -0.326 e. The number of thiophene rings is 1. The Labute approximate surface area is 221 Å². The SMILES string of the molecule is CC.Cc1ccc(NC(=O)C[C@@H]2N=C(c3ccc(Cl)cc3)c3c(sc(C)c3C)-n3c(C)nnc32)cc1. The van der Waals surface area contributed by atoms with Crippen molar-refractivity contribution >= 4 is 40.2 Å². The standard InChI is InChI=1S/C26H24ClN5OS.C2H6/c1-14-5-11-20(12-6-14)28-22(33)13-21-25-31-30-17(4)32(25)26-23(15(2)16(3)34-26)24(29-21)18-7-9-19(27)10-8-18;1-2/h5-12,21H,13H2,1-4H3,(H,28,33);1-2H3/t21-;/m0./s1. The summed E-state index contributed by atoms with van der Waals surface area (Å²) in [6, 6.07) is 14.9. The van der Waals surface area contributed by atoms with Crippen LogP contribution in [0.5, 0.6) is 0 Å². The molecule has 2 aromatic carbocycles. The molecule has 36 heavy (non-hydrogen) atoms. The molecule has 0 bridgehead atoms. The van der Waals surface area contributed by atoms with Crippen molar-refractivity contribution in [2.75, 3.05) is 5.32 Å². The zero-order valence-corrected chi connectivity index (χ0v) is 23.0. The number of rotatable bonds is 4. The first-order chi connectivity index (χ1) is 17.3. The van der Waals surface area contributed by atoms with Gasteiger partial charge in [-0.2, -0.15) is 0 Å². The maximum absolute atomic E-state index is 13.1. The monoisotopic (exact) mass is 519 g/mol. The van der Waals surface area contributed by atoms with Gasteiger partial charge in [-0.15, -0.1) is 21.5 Å². The minimum absolute atomic E-state index is 0.126. The van der Waals surface area contributed by atoms with Crippen LogP contribution in [0.25, 0.3) is 5.00 Å². The molecule has 1 aliphatic rings. The summed E-state index contributed by atoms with van der Waals surface area (Å²) < 4.78 is 2.05. The average Bonchev–Trinajstić information content (AvgIpc) is 3.34. The summed E-state index contributed by atoms with van der Waals surface area (Å²) in [4.78, 5) is 19.4. The van der Waals surface area contributed by atoms with E-state index in [1.54, 1.807) is 11.3 Å². The van der Waals surface area contributed by atoms with E-state index >= 15 is 0 Å². The van der Waals surface area contributed by atoms with E-state index in [1.807, 2.05) is 76.2 Å². The van der Waals surface area contributed by atoms with E-state index < -0.39 is 6.04 Å². The summed E-state index contributed by atoms with van der Waals surface area (Å²) in [6.45, 7) is 12.2. The van der Waals surface area contributed by atoms with Crippen molar-refractivity contribution in [3.05, 3.63) is 92.3 Å². The number of nitrogens with one attached hydrogen (secondary N) is 1. The van der Waals surface area contributed by atoms with E-state index in [4.69, 9.17) is 16.6 Å². The van der Waals surface area contributed by atoms with Gasteiger partial charge in [-0.05, 0) is 57.5 Å². The van der Waals surface area contributed by atoms with Crippen molar-refractivity contribution in [1.29, 1.82) is 0 Å². The molecule has 0 saturated carbocycles. The van der Waals surface area contributed by atoms with Gasteiger partial charge in [-0.3, -0.25) is 14.4 Å². The number of aryl methyl sites for hydroxylation is 3. The lowest BCUT2D eigenvalue weighted by Gasteiger charge is -2.13. The molecule has 1 N–H and O–H groups in total. The van der Waals surface area contributed by atoms with Gasteiger partial charge < -0.3 is 5.32 Å². The molecule has 3 heterocycles. The van der Waals surface area contributed by atoms with Crippen molar-refractivity contribution in [1.82, 2.24) is 14.8 Å². The Bertz CT molecular complexity index is 1420. The Morgan fingerprint density at radius 2 is 1.67 bits per heavy atom. The number of hydrogen-bond acceptors (Lipinski definition) is 5. The highest BCUT2D eigenvalue weighted by molar-refractivity contribution is 7.15. The Morgan fingerprint density at radius 3 is 2.33 bits per heavy atom. The van der Waals surface area contributed by atoms with Gasteiger partial charge in [0.2, 0.25) is 5.91 Å². The van der Waals surface area contributed by atoms with Crippen LogP contribution in [0.4, 0.5) is 5.69 Å². The molecule has 186 valence electrons. The van der Waals surface area contributed by atoms with Crippen molar-refractivity contribution in [2.24, 2.45) is 4.99 Å². The van der Waals surface area contributed by atoms with Gasteiger partial charge in [0.05, 0.1) is 12.1 Å². The van der Waals surface area contributed by atoms with Gasteiger partial charge in [0.25, 0.3) is 0 Å². The van der Waals surface area contributed by atoms with Crippen LogP contribution < -0.4 is 5.32 Å². The van der Waals surface area contributed by atoms with Gasteiger partial charge >= 0.3 is 0 Å². The third-order valence-corrected chi connectivity index (χ3v) is 7.52. The maximum Gasteiger partial charge on any atom is 0.227 e. The smallest absolute Gasteiger partial charge is 0.227 e. The lowest BCUT2D eigenvalue weighted by molar-refractivity contribution is -0.116. The number of benzene rings is 2. The van der Waals surface area contributed by atoms with Crippen LogP contribution in [-0.2, 0) is 4.79 Å². The van der Waals surface area contributed by atoms with Gasteiger partial charge in [0, 0.05) is 26.7 Å². The molecule has 2 aromatic heterocycles. The molecule has 4 aromatic rings. The molecule has 1 aliphatic heterocycles. The zero-order valence-electron chi connectivity index (χ0n) is 21.4. The van der Waals surface area contributed by atoms with E-state index in [-0.39, 0.29) is 12.3 Å². The number of amides is 1. The average molecular weight is 520 g/mol. The van der Waals surface area contributed by atoms with E-state index in [2.05, 4.69) is 33.9 Å². The van der Waals surface area contributed by atoms with Crippen LogP contribution in [0.15, 0.2) is 53.5 Å². The summed E-state index contributed by atoms with van der Waals surface area (Å²) in [5.74, 6) is 1.32. The highest BCUT2D eigenvalue weighted by atomic mass is 35.5. The van der Waals surface area contributed by atoms with Gasteiger partial charge in [0.1, 0.15) is 16.9 Å². The molecule has 0 fully saturated rings. The minimum atomic E-state index is -0.489. The molecule has 0 aliphatic carbocycles. The number of carbonyl (C=O) groups is 1. The fourth-order valence-electron chi connectivity index (χ4n) is 4.16. The number of halogens is 1. The van der Waals surface area contributed by atoms with Gasteiger partial charge in [-0.1, -0.05) is 55.3 Å². The van der Waals surface area contributed by atoms with Crippen LogP contribution in [0.1, 0.15) is 65.1 Å². The molecule has 6 nitrogen and oxygen atoms in total. The second-order valence-electron chi connectivity index (χ2n) is 8.52. The molecule has 1 amide bonds. The first-order valence-electron chi connectivity index (χ1n) is 12.0. The van der Waals surface area contributed by atoms with Crippen LogP contribution >= 0.6 is 22.9 Å². The van der Waals surface area contributed by atoms with E-state index in [1.165, 1.54) is 4.88 Å². The lowest BCUT2D eigenvalue weighted by Crippen LogP contribution is -2.17. The third kappa shape index (κ3) is 4.99. The molecule has 0 unspecified atom stereocenters. The first kappa shape index (κ1) is 25.8. The molecule has 0 radical (unpaired) electrons. The molecule has 1 atom stereocenters. The van der Waals surface area contributed by atoms with E-state index in [9.17, 15) is 4.79 Å². The Morgan fingerprint density at radius 1 is 1.00 bits per heavy atom. The first-order valence-corrected chi connectivity index (χ1v) is 13.2. The summed E-state index contributed by atoms with van der Waals surface area (Å²) in [5, 5.41) is 13.5. The number of hydrogen-bond donors (Lipinski definition) is 1. The van der Waals surface area contributed by atoms with Crippen LogP contribution in [0, 0.1) is 27.7 Å². The second-order valence-corrected chi connectivity index (χ2v) is 10.2. The third-order valence-electron chi connectivity index (χ3n) is 6.07. The number of carbonyl (C=O) groups excluding carboxylic acids is 1. The number of aromatic nitrogens is 3. The van der Waals surface area contributed by atoms with Gasteiger partial charge in [-0.25, -0.2) is 0 Å². The number of anilines is 1. The summed E-state index contributed by atoms with van der Waals surface area (Å²) >= 11 is 7.86. The molecular weight excluding hydrogens is 490 g/mol. The van der Waals surface area contributed by atoms with E-state index in [0.29, 0.717) is 10.8 Å². The Hall–Kier alpha value is -3.29. The van der Waals surface area contributed by atoms with Crippen molar-refractivity contribution in [3.63, 3.8) is 0 Å². The largest absolute Gasteiger partial charge is 0.326 e. The summed E-state index contributed by atoms with van der Waals surface area (Å²) in [5.41, 5.74) is 5.90. The van der Waals surface area contributed by atoms with E-state index in [0.717, 1.165) is 44.5 Å². The Balaban J connectivity index is 0.00000148. The number of fused-ring (bicyclic) bond motifs is 3. The molecule has 0 spiro atoms. The van der Waals surface area contributed by atoms with Crippen LogP contribution in [0.3, 0.4) is 0 Å². The Kier molecular flexibility index (Phi) is 7.71. The van der Waals surface area contributed by atoms with Crippen molar-refractivity contribution in [3.8, 4) is 5.00 Å². The normalized spacial score (nSPS) is 14.1. The summed E-state index contributed by atoms with van der Waals surface area (Å²) in [7, 11) is 0. The maximum atomic E-state index is 13.1. The van der Waals surface area contributed by atoms with Crippen molar-refractivity contribution < 1.29 is 4.79 Å². The van der Waals surface area contributed by atoms with Gasteiger partial charge in [0.15, 0.2) is 5.82 Å². The lowest BCUT2D eigenvalue weighted by atomic mass is 9.99. The fourth-order valence-corrected chi connectivity index (χ4v) is 5.50. The summed E-state index contributed by atoms with van der Waals surface area (Å²) in [6.07, 6.45) is 0.149. The molecular formula is C28H30ClN5OS. The topological polar surface area (TPSA) is 72.2 Å². The van der Waals surface area contributed by atoms with Crippen LogP contribution in [-0.4, -0.2) is 26.4 Å². The zero-order chi connectivity index (χ0) is 26.0. The van der Waals surface area contributed by atoms with Crippen molar-refractivity contribution in [2.45, 2.75) is 54.0 Å². The predicted molar refractivity (Wildman–Crippen MR) is 149 cm³/mol.